The number of aryl methyl sites for hydroxylation is 1. The molecule has 0 bridgehead atoms. The maximum absolute atomic E-state index is 15.5. The van der Waals surface area contributed by atoms with E-state index >= 15 is 4.39 Å². The molecule has 2 aromatic carbocycles. The summed E-state index contributed by atoms with van der Waals surface area (Å²) in [5.41, 5.74) is 2.22. The number of ketones is 1. The van der Waals surface area contributed by atoms with Crippen molar-refractivity contribution in [3.8, 4) is 17.0 Å². The number of aliphatic carboxylic acids is 1. The molecule has 1 atom stereocenters. The first kappa shape index (κ1) is 31.7. The second-order valence-electron chi connectivity index (χ2n) is 12.0. The lowest BCUT2D eigenvalue weighted by Gasteiger charge is -2.28. The number of carbonyl (C=O) groups is 3. The second-order valence-corrected chi connectivity index (χ2v) is 12.0. The number of nitrogens with zero attached hydrogens (tertiary/aromatic N) is 3. The zero-order valence-electron chi connectivity index (χ0n) is 25.7. The van der Waals surface area contributed by atoms with Gasteiger partial charge in [-0.05, 0) is 76.8 Å². The molecular formula is C33H34F2N4O6. The second kappa shape index (κ2) is 12.4. The van der Waals surface area contributed by atoms with Gasteiger partial charge in [0.15, 0.2) is 34.8 Å². The summed E-state index contributed by atoms with van der Waals surface area (Å²) in [5, 5.41) is 17.3. The highest BCUT2D eigenvalue weighted by atomic mass is 19.1. The van der Waals surface area contributed by atoms with Gasteiger partial charge in [0, 0.05) is 34.9 Å². The fourth-order valence-corrected chi connectivity index (χ4v) is 5.47. The molecule has 1 aliphatic rings. The minimum atomic E-state index is -1.50. The van der Waals surface area contributed by atoms with Gasteiger partial charge in [-0.25, -0.2) is 23.1 Å². The van der Waals surface area contributed by atoms with Crippen molar-refractivity contribution in [1.29, 1.82) is 0 Å². The topological polar surface area (TPSA) is 132 Å². The predicted molar refractivity (Wildman–Crippen MR) is 160 cm³/mol. The molecule has 0 radical (unpaired) electrons. The first-order valence-corrected chi connectivity index (χ1v) is 14.5. The first-order chi connectivity index (χ1) is 21.2. The molecular weight excluding hydrogens is 586 g/mol. The third-order valence-electron chi connectivity index (χ3n) is 7.47. The van der Waals surface area contributed by atoms with Crippen LogP contribution < -0.4 is 10.1 Å². The molecule has 0 saturated carbocycles. The van der Waals surface area contributed by atoms with Crippen LogP contribution in [0.25, 0.3) is 16.9 Å². The van der Waals surface area contributed by atoms with Crippen LogP contribution in [-0.2, 0) is 27.2 Å². The molecule has 5 rings (SSSR count). The van der Waals surface area contributed by atoms with Gasteiger partial charge >= 0.3 is 5.97 Å². The molecule has 236 valence electrons. The van der Waals surface area contributed by atoms with E-state index in [4.69, 9.17) is 9.47 Å². The van der Waals surface area contributed by atoms with Gasteiger partial charge < -0.3 is 19.9 Å². The number of carbonyl (C=O) groups excluding carboxylic acids is 2. The number of amides is 1. The number of aromatic nitrogens is 3. The van der Waals surface area contributed by atoms with Crippen LogP contribution >= 0.6 is 0 Å². The Morgan fingerprint density at radius 2 is 1.84 bits per heavy atom. The SMILES string of the molecule is Cc1nc2cc(C(=O)NCC(=O)Cc3ccc(F)cc3)nn2c(-c2cc(F)c3c(c2C)CCCO3)c1C(OC(C)(C)C)C(=O)O. The summed E-state index contributed by atoms with van der Waals surface area (Å²) < 4.78 is 41.6. The predicted octanol–water partition coefficient (Wildman–Crippen LogP) is 5.10. The lowest BCUT2D eigenvalue weighted by atomic mass is 9.91. The van der Waals surface area contributed by atoms with Gasteiger partial charge in [-0.15, -0.1) is 0 Å². The fraction of sp³-hybridized carbons (Fsp3) is 0.364. The molecule has 1 unspecified atom stereocenters. The van der Waals surface area contributed by atoms with Gasteiger partial charge in [0.25, 0.3) is 5.91 Å². The molecule has 0 fully saturated rings. The van der Waals surface area contributed by atoms with E-state index in [0.29, 0.717) is 47.4 Å². The van der Waals surface area contributed by atoms with E-state index < -0.39 is 35.2 Å². The highest BCUT2D eigenvalue weighted by Gasteiger charge is 2.35. The van der Waals surface area contributed by atoms with Gasteiger partial charge in [0.2, 0.25) is 0 Å². The monoisotopic (exact) mass is 620 g/mol. The Morgan fingerprint density at radius 3 is 2.51 bits per heavy atom. The van der Waals surface area contributed by atoms with Crippen molar-refractivity contribution >= 4 is 23.3 Å². The standard InChI is InChI=1S/C33H34F2N4O6/c1-17-22-7-6-12-44-29(22)24(35)14-23(17)28-27(30(32(42)43)45-33(3,4)5)18(2)37-26-15-25(38-39(26)28)31(41)36-16-21(40)13-19-8-10-20(34)11-9-19/h8-11,14-15,30H,6-7,12-13,16H2,1-5H3,(H,36,41)(H,42,43). The molecule has 2 N–H and O–H groups in total. The zero-order valence-corrected chi connectivity index (χ0v) is 25.7. The lowest BCUT2D eigenvalue weighted by molar-refractivity contribution is -0.160. The van der Waals surface area contributed by atoms with E-state index in [1.165, 1.54) is 40.9 Å². The summed E-state index contributed by atoms with van der Waals surface area (Å²) in [6, 6.07) is 8.19. The Morgan fingerprint density at radius 1 is 1.13 bits per heavy atom. The molecule has 4 aromatic rings. The number of ether oxygens (including phenoxy) is 2. The molecule has 3 heterocycles. The molecule has 0 saturated heterocycles. The Balaban J connectivity index is 1.60. The van der Waals surface area contributed by atoms with E-state index in [1.54, 1.807) is 34.6 Å². The van der Waals surface area contributed by atoms with E-state index in [2.05, 4.69) is 15.4 Å². The van der Waals surface area contributed by atoms with Crippen LogP contribution in [0.4, 0.5) is 8.78 Å². The van der Waals surface area contributed by atoms with Crippen molar-refractivity contribution in [3.05, 3.63) is 81.7 Å². The van der Waals surface area contributed by atoms with Crippen LogP contribution in [-0.4, -0.2) is 56.1 Å². The van der Waals surface area contributed by atoms with E-state index in [-0.39, 0.29) is 47.1 Å². The minimum absolute atomic E-state index is 0.00276. The molecule has 10 nitrogen and oxygen atoms in total. The maximum Gasteiger partial charge on any atom is 0.337 e. The fourth-order valence-electron chi connectivity index (χ4n) is 5.47. The van der Waals surface area contributed by atoms with Crippen LogP contribution in [0.2, 0.25) is 0 Å². The minimum Gasteiger partial charge on any atom is -0.490 e. The summed E-state index contributed by atoms with van der Waals surface area (Å²) in [4.78, 5) is 42.9. The third-order valence-corrected chi connectivity index (χ3v) is 7.47. The molecule has 1 amide bonds. The van der Waals surface area contributed by atoms with Crippen LogP contribution in [0.15, 0.2) is 36.4 Å². The Kier molecular flexibility index (Phi) is 8.70. The molecule has 1 aliphatic heterocycles. The number of rotatable bonds is 9. The number of carboxylic acids is 1. The normalized spacial score (nSPS) is 13.7. The summed E-state index contributed by atoms with van der Waals surface area (Å²) in [5.74, 6) is -3.11. The molecule has 2 aromatic heterocycles. The Bertz CT molecular complexity index is 1810. The smallest absolute Gasteiger partial charge is 0.337 e. The Labute approximate surface area is 258 Å². The van der Waals surface area contributed by atoms with Gasteiger partial charge in [0.05, 0.1) is 24.4 Å². The number of hydrogen-bond donors (Lipinski definition) is 2. The Hall–Kier alpha value is -4.71. The van der Waals surface area contributed by atoms with Gasteiger partial charge in [0.1, 0.15) is 5.82 Å². The van der Waals surface area contributed by atoms with Crippen molar-refractivity contribution in [2.24, 2.45) is 0 Å². The molecule has 0 aliphatic carbocycles. The van der Waals surface area contributed by atoms with E-state index in [0.717, 1.165) is 0 Å². The van der Waals surface area contributed by atoms with Crippen molar-refractivity contribution < 1.29 is 37.7 Å². The number of nitrogens with one attached hydrogen (secondary N) is 1. The van der Waals surface area contributed by atoms with Crippen molar-refractivity contribution in [1.82, 2.24) is 19.9 Å². The van der Waals surface area contributed by atoms with Crippen LogP contribution in [0.1, 0.15) is 71.7 Å². The zero-order chi connectivity index (χ0) is 32.6. The number of carboxylic acid groups (broad SMARTS) is 1. The van der Waals surface area contributed by atoms with Crippen LogP contribution in [0.5, 0.6) is 5.75 Å². The lowest BCUT2D eigenvalue weighted by Crippen LogP contribution is -2.30. The number of benzene rings is 2. The summed E-state index contributed by atoms with van der Waals surface area (Å²) in [6.45, 7) is 8.67. The average Bonchev–Trinajstić information content (AvgIpc) is 3.40. The van der Waals surface area contributed by atoms with Crippen molar-refractivity contribution in [3.63, 3.8) is 0 Å². The van der Waals surface area contributed by atoms with E-state index in [1.807, 2.05) is 0 Å². The van der Waals surface area contributed by atoms with Crippen molar-refractivity contribution in [2.75, 3.05) is 13.2 Å². The van der Waals surface area contributed by atoms with Crippen LogP contribution in [0, 0.1) is 25.5 Å². The maximum atomic E-state index is 15.5. The summed E-state index contributed by atoms with van der Waals surface area (Å²) in [6.07, 6.45) is -0.256. The summed E-state index contributed by atoms with van der Waals surface area (Å²) in [7, 11) is 0. The molecule has 0 spiro atoms. The van der Waals surface area contributed by atoms with Crippen molar-refractivity contribution in [2.45, 2.75) is 65.6 Å². The highest BCUT2D eigenvalue weighted by molar-refractivity contribution is 5.96. The number of halogens is 2. The third kappa shape index (κ3) is 6.70. The highest BCUT2D eigenvalue weighted by Crippen LogP contribution is 2.41. The first-order valence-electron chi connectivity index (χ1n) is 14.5. The number of hydrogen-bond acceptors (Lipinski definition) is 7. The number of fused-ring (bicyclic) bond motifs is 2. The molecule has 12 heteroatoms. The largest absolute Gasteiger partial charge is 0.490 e. The van der Waals surface area contributed by atoms with Gasteiger partial charge in [-0.2, -0.15) is 5.10 Å². The quantitative estimate of drug-likeness (QED) is 0.264. The van der Waals surface area contributed by atoms with Crippen LogP contribution in [0.3, 0.4) is 0 Å². The average molecular weight is 621 g/mol. The molecule has 45 heavy (non-hydrogen) atoms. The van der Waals surface area contributed by atoms with Gasteiger partial charge in [-0.3, -0.25) is 9.59 Å². The number of Topliss-reactive ketones (excluding diaryl/α,β-unsaturated/α-hetero) is 1. The summed E-state index contributed by atoms with van der Waals surface area (Å²) >= 11 is 0. The van der Waals surface area contributed by atoms with E-state index in [9.17, 15) is 23.9 Å². The van der Waals surface area contributed by atoms with Gasteiger partial charge in [-0.1, -0.05) is 12.1 Å².